The van der Waals surface area contributed by atoms with Crippen LogP contribution in [0.15, 0.2) is 12.1 Å². The first-order chi connectivity index (χ1) is 7.04. The quantitative estimate of drug-likeness (QED) is 0.672. The van der Waals surface area contributed by atoms with E-state index in [2.05, 4.69) is 5.32 Å². The molecule has 1 aromatic carbocycles. The number of aliphatic hydroxyl groups is 1. The zero-order valence-electron chi connectivity index (χ0n) is 8.43. The van der Waals surface area contributed by atoms with Crippen LogP contribution in [0.25, 0.3) is 0 Å². The average Bonchev–Trinajstić information content (AvgIpc) is 2.15. The molecule has 1 unspecified atom stereocenters. The minimum Gasteiger partial charge on any atom is -0.399 e. The molecule has 1 rings (SSSR count). The lowest BCUT2D eigenvalue weighted by atomic mass is 10.2. The lowest BCUT2D eigenvalue weighted by Crippen LogP contribution is -2.19. The summed E-state index contributed by atoms with van der Waals surface area (Å²) in [7, 11) is 0. The Morgan fingerprint density at radius 2 is 1.93 bits per heavy atom. The van der Waals surface area contributed by atoms with Gasteiger partial charge in [0.2, 0.25) is 0 Å². The Labute approximate surface area is 86.9 Å². The van der Waals surface area contributed by atoms with Crippen LogP contribution in [0, 0.1) is 11.6 Å². The lowest BCUT2D eigenvalue weighted by molar-refractivity contribution is 0.183. The van der Waals surface area contributed by atoms with Gasteiger partial charge in [-0.3, -0.25) is 0 Å². The Morgan fingerprint density at radius 1 is 1.40 bits per heavy atom. The first-order valence-corrected chi connectivity index (χ1v) is 4.71. The number of rotatable bonds is 4. The van der Waals surface area contributed by atoms with Gasteiger partial charge < -0.3 is 16.2 Å². The Balaban J connectivity index is 2.77. The molecule has 0 saturated carbocycles. The molecule has 0 aromatic heterocycles. The highest BCUT2D eigenvalue weighted by atomic mass is 19.1. The van der Waals surface area contributed by atoms with E-state index in [1.165, 1.54) is 0 Å². The third kappa shape index (κ3) is 3.06. The maximum atomic E-state index is 13.2. The van der Waals surface area contributed by atoms with Crippen molar-refractivity contribution in [2.45, 2.75) is 19.4 Å². The van der Waals surface area contributed by atoms with Crippen molar-refractivity contribution in [3.8, 4) is 0 Å². The normalized spacial score (nSPS) is 12.5. The molecule has 0 fully saturated rings. The molecular formula is C10H14F2N2O. The summed E-state index contributed by atoms with van der Waals surface area (Å²) in [5, 5.41) is 11.7. The predicted molar refractivity (Wildman–Crippen MR) is 55.6 cm³/mol. The number of hydrogen-bond donors (Lipinski definition) is 3. The second-order valence-corrected chi connectivity index (χ2v) is 3.30. The number of halogens is 2. The number of hydrogen-bond acceptors (Lipinski definition) is 3. The molecule has 0 radical (unpaired) electrons. The molecule has 15 heavy (non-hydrogen) atoms. The van der Waals surface area contributed by atoms with E-state index in [-0.39, 0.29) is 17.9 Å². The van der Waals surface area contributed by atoms with Gasteiger partial charge in [0.1, 0.15) is 5.69 Å². The van der Waals surface area contributed by atoms with Gasteiger partial charge in [-0.05, 0) is 18.6 Å². The molecule has 0 heterocycles. The average molecular weight is 216 g/mol. The van der Waals surface area contributed by atoms with Crippen LogP contribution in [0.2, 0.25) is 0 Å². The van der Waals surface area contributed by atoms with Crippen molar-refractivity contribution in [3.63, 3.8) is 0 Å². The van der Waals surface area contributed by atoms with Crippen LogP contribution in [-0.4, -0.2) is 17.8 Å². The van der Waals surface area contributed by atoms with Crippen molar-refractivity contribution < 1.29 is 13.9 Å². The third-order valence-corrected chi connectivity index (χ3v) is 2.05. The van der Waals surface area contributed by atoms with Gasteiger partial charge >= 0.3 is 0 Å². The molecule has 1 atom stereocenters. The minimum atomic E-state index is -0.754. The molecule has 0 bridgehead atoms. The monoisotopic (exact) mass is 216 g/mol. The summed E-state index contributed by atoms with van der Waals surface area (Å²) in [6.45, 7) is 1.89. The maximum absolute atomic E-state index is 13.2. The lowest BCUT2D eigenvalue weighted by Gasteiger charge is -2.12. The van der Waals surface area contributed by atoms with E-state index in [1.807, 2.05) is 0 Å². The Hall–Kier alpha value is -1.36. The first-order valence-electron chi connectivity index (χ1n) is 4.71. The highest BCUT2D eigenvalue weighted by Crippen LogP contribution is 2.21. The Kier molecular flexibility index (Phi) is 3.85. The summed E-state index contributed by atoms with van der Waals surface area (Å²) in [5.41, 5.74) is 5.03. The number of nitrogen functional groups attached to an aromatic ring is 1. The summed E-state index contributed by atoms with van der Waals surface area (Å²) >= 11 is 0. The number of anilines is 2. The highest BCUT2D eigenvalue weighted by molar-refractivity contribution is 5.54. The van der Waals surface area contributed by atoms with Crippen LogP contribution >= 0.6 is 0 Å². The Morgan fingerprint density at radius 3 is 2.40 bits per heavy atom. The second kappa shape index (κ2) is 4.93. The molecule has 0 aliphatic rings. The smallest absolute Gasteiger partial charge is 0.151 e. The summed E-state index contributed by atoms with van der Waals surface area (Å²) < 4.78 is 26.4. The summed E-state index contributed by atoms with van der Waals surface area (Å²) in [6, 6.07) is 2.06. The summed E-state index contributed by atoms with van der Waals surface area (Å²) in [5.74, 6) is -1.51. The van der Waals surface area contributed by atoms with E-state index >= 15 is 0 Å². The fourth-order valence-corrected chi connectivity index (χ4v) is 1.13. The molecule has 1 aromatic rings. The molecule has 0 aliphatic carbocycles. The van der Waals surface area contributed by atoms with Crippen LogP contribution in [0.1, 0.15) is 13.3 Å². The van der Waals surface area contributed by atoms with Gasteiger partial charge in [-0.2, -0.15) is 0 Å². The number of nitrogens with one attached hydrogen (secondary N) is 1. The zero-order valence-corrected chi connectivity index (χ0v) is 8.43. The number of benzene rings is 1. The van der Waals surface area contributed by atoms with Gasteiger partial charge in [0.05, 0.1) is 6.10 Å². The molecule has 0 aliphatic heterocycles. The zero-order chi connectivity index (χ0) is 11.4. The molecule has 0 saturated heterocycles. The van der Waals surface area contributed by atoms with Crippen LogP contribution in [0.4, 0.5) is 20.2 Å². The van der Waals surface area contributed by atoms with E-state index in [0.29, 0.717) is 6.42 Å². The van der Waals surface area contributed by atoms with Gasteiger partial charge in [-0.15, -0.1) is 0 Å². The topological polar surface area (TPSA) is 58.3 Å². The van der Waals surface area contributed by atoms with Gasteiger partial charge in [-0.1, -0.05) is 6.92 Å². The molecule has 0 amide bonds. The van der Waals surface area contributed by atoms with Crippen molar-refractivity contribution in [1.29, 1.82) is 0 Å². The highest BCUT2D eigenvalue weighted by Gasteiger charge is 2.10. The molecule has 5 heteroatoms. The van der Waals surface area contributed by atoms with Crippen molar-refractivity contribution in [2.24, 2.45) is 0 Å². The van der Waals surface area contributed by atoms with Crippen molar-refractivity contribution >= 4 is 11.4 Å². The number of aliphatic hydroxyl groups excluding tert-OH is 1. The van der Waals surface area contributed by atoms with Gasteiger partial charge in [0.15, 0.2) is 11.6 Å². The first kappa shape index (κ1) is 11.7. The molecule has 4 N–H and O–H groups in total. The summed E-state index contributed by atoms with van der Waals surface area (Å²) in [6.07, 6.45) is -0.105. The van der Waals surface area contributed by atoms with Crippen LogP contribution in [0.3, 0.4) is 0 Å². The van der Waals surface area contributed by atoms with Gasteiger partial charge in [0, 0.05) is 12.2 Å². The van der Waals surface area contributed by atoms with E-state index < -0.39 is 17.7 Å². The van der Waals surface area contributed by atoms with Crippen LogP contribution in [-0.2, 0) is 0 Å². The standard InChI is InChI=1S/C10H14F2N2O/c1-2-7(15)5-14-10-8(11)3-6(13)4-9(10)12/h3-4,7,14-15H,2,5,13H2,1H3. The van der Waals surface area contributed by atoms with E-state index in [1.54, 1.807) is 6.92 Å². The van der Waals surface area contributed by atoms with E-state index in [4.69, 9.17) is 5.73 Å². The molecular weight excluding hydrogens is 202 g/mol. The largest absolute Gasteiger partial charge is 0.399 e. The van der Waals surface area contributed by atoms with Crippen LogP contribution in [0.5, 0.6) is 0 Å². The SMILES string of the molecule is CCC(O)CNc1c(F)cc(N)cc1F. The second-order valence-electron chi connectivity index (χ2n) is 3.30. The maximum Gasteiger partial charge on any atom is 0.151 e. The van der Waals surface area contributed by atoms with Crippen molar-refractivity contribution in [2.75, 3.05) is 17.6 Å². The predicted octanol–water partition coefficient (Wildman–Crippen LogP) is 1.73. The fraction of sp³-hybridized carbons (Fsp3) is 0.400. The van der Waals surface area contributed by atoms with Crippen LogP contribution < -0.4 is 11.1 Å². The van der Waals surface area contributed by atoms with Crippen molar-refractivity contribution in [3.05, 3.63) is 23.8 Å². The summed E-state index contributed by atoms with van der Waals surface area (Å²) in [4.78, 5) is 0. The molecule has 3 nitrogen and oxygen atoms in total. The molecule has 84 valence electrons. The van der Waals surface area contributed by atoms with E-state index in [9.17, 15) is 13.9 Å². The van der Waals surface area contributed by atoms with Crippen molar-refractivity contribution in [1.82, 2.24) is 0 Å². The minimum absolute atomic E-state index is 0.0339. The number of nitrogens with two attached hydrogens (primary N) is 1. The fourth-order valence-electron chi connectivity index (χ4n) is 1.13. The Bertz CT molecular complexity index is 321. The van der Waals surface area contributed by atoms with Gasteiger partial charge in [0.25, 0.3) is 0 Å². The van der Waals surface area contributed by atoms with E-state index in [0.717, 1.165) is 12.1 Å². The molecule has 0 spiro atoms. The third-order valence-electron chi connectivity index (χ3n) is 2.05. The van der Waals surface area contributed by atoms with Gasteiger partial charge in [-0.25, -0.2) is 8.78 Å².